The van der Waals surface area contributed by atoms with Gasteiger partial charge in [-0.25, -0.2) is 4.79 Å². The minimum Gasteiger partial charge on any atom is -0.480 e. The summed E-state index contributed by atoms with van der Waals surface area (Å²) in [6.45, 7) is 1.28. The lowest BCUT2D eigenvalue weighted by Gasteiger charge is -2.14. The van der Waals surface area contributed by atoms with Crippen molar-refractivity contribution in [3.05, 3.63) is 29.8 Å². The van der Waals surface area contributed by atoms with Crippen molar-refractivity contribution in [1.82, 2.24) is 5.32 Å². The number of carboxylic acids is 1. The van der Waals surface area contributed by atoms with E-state index in [1.54, 1.807) is 0 Å². The molecule has 21 heavy (non-hydrogen) atoms. The molecule has 0 radical (unpaired) electrons. The molecule has 1 atom stereocenters. The Hall–Kier alpha value is -2.02. The maximum Gasteiger partial charge on any atom is 0.326 e. The van der Waals surface area contributed by atoms with Crippen LogP contribution >= 0.6 is 11.8 Å². The van der Waals surface area contributed by atoms with Gasteiger partial charge in [-0.3, -0.25) is 9.59 Å². The van der Waals surface area contributed by atoms with Gasteiger partial charge in [-0.15, -0.1) is 0 Å². The third-order valence-corrected chi connectivity index (χ3v) is 3.24. The second-order valence-electron chi connectivity index (χ2n) is 4.26. The zero-order chi connectivity index (χ0) is 15.8. The molecule has 7 heteroatoms. The van der Waals surface area contributed by atoms with Gasteiger partial charge in [0.25, 0.3) is 5.91 Å². The van der Waals surface area contributed by atoms with E-state index in [4.69, 9.17) is 9.84 Å². The van der Waals surface area contributed by atoms with E-state index in [-0.39, 0.29) is 0 Å². The fourth-order valence-corrected chi connectivity index (χ4v) is 2.05. The summed E-state index contributed by atoms with van der Waals surface area (Å²) in [7, 11) is 0. The van der Waals surface area contributed by atoms with E-state index in [1.165, 1.54) is 43.0 Å². The highest BCUT2D eigenvalue weighted by Gasteiger charge is 2.20. The fraction of sp³-hybridized carbons (Fsp3) is 0.357. The van der Waals surface area contributed by atoms with Crippen molar-refractivity contribution in [2.75, 3.05) is 12.0 Å². The molecule has 0 spiro atoms. The molecule has 0 saturated heterocycles. The molecular weight excluding hydrogens is 294 g/mol. The van der Waals surface area contributed by atoms with E-state index in [1.807, 2.05) is 6.26 Å². The minimum atomic E-state index is -1.06. The molecule has 0 fully saturated rings. The summed E-state index contributed by atoms with van der Waals surface area (Å²) in [5, 5.41) is 11.5. The first kappa shape index (κ1) is 17.0. The third kappa shape index (κ3) is 5.86. The van der Waals surface area contributed by atoms with Crippen LogP contribution in [0.2, 0.25) is 0 Å². The summed E-state index contributed by atoms with van der Waals surface area (Å²) in [5.74, 6) is -1.01. The summed E-state index contributed by atoms with van der Waals surface area (Å²) >= 11 is 1.51. The van der Waals surface area contributed by atoms with Gasteiger partial charge in [0, 0.05) is 12.5 Å². The number of esters is 1. The first-order valence-electron chi connectivity index (χ1n) is 6.25. The van der Waals surface area contributed by atoms with Crippen molar-refractivity contribution in [3.8, 4) is 5.75 Å². The van der Waals surface area contributed by atoms with Crippen LogP contribution in [0, 0.1) is 0 Å². The smallest absolute Gasteiger partial charge is 0.326 e. The summed E-state index contributed by atoms with van der Waals surface area (Å²) in [6, 6.07) is 4.99. The van der Waals surface area contributed by atoms with Gasteiger partial charge >= 0.3 is 11.9 Å². The highest BCUT2D eigenvalue weighted by Crippen LogP contribution is 2.13. The first-order valence-corrected chi connectivity index (χ1v) is 7.64. The Morgan fingerprint density at radius 3 is 2.38 bits per heavy atom. The number of nitrogens with one attached hydrogen (secondary N) is 1. The molecule has 0 aliphatic carbocycles. The van der Waals surface area contributed by atoms with Gasteiger partial charge in [-0.2, -0.15) is 11.8 Å². The van der Waals surface area contributed by atoms with Gasteiger partial charge in [-0.05, 0) is 42.7 Å². The Balaban J connectivity index is 2.69. The SMILES string of the molecule is CSCCC(NC(=O)c1ccc(OC(C)=O)cc1)C(=O)O. The first-order chi connectivity index (χ1) is 9.93. The van der Waals surface area contributed by atoms with Crippen LogP contribution in [0.15, 0.2) is 24.3 Å². The molecular formula is C14H17NO5S. The lowest BCUT2D eigenvalue weighted by atomic mass is 10.1. The molecule has 0 bridgehead atoms. The normalized spacial score (nSPS) is 11.5. The highest BCUT2D eigenvalue weighted by molar-refractivity contribution is 7.98. The topological polar surface area (TPSA) is 92.7 Å². The van der Waals surface area contributed by atoms with Crippen LogP contribution in [0.1, 0.15) is 23.7 Å². The van der Waals surface area contributed by atoms with E-state index < -0.39 is 23.9 Å². The largest absolute Gasteiger partial charge is 0.480 e. The molecule has 1 unspecified atom stereocenters. The molecule has 0 heterocycles. The number of amides is 1. The van der Waals surface area contributed by atoms with Crippen LogP contribution in [-0.4, -0.2) is 41.0 Å². The van der Waals surface area contributed by atoms with Crippen LogP contribution in [0.4, 0.5) is 0 Å². The van der Waals surface area contributed by atoms with Gasteiger partial charge < -0.3 is 15.2 Å². The monoisotopic (exact) mass is 311 g/mol. The third-order valence-electron chi connectivity index (χ3n) is 2.59. The molecule has 1 aromatic rings. The second kappa shape index (κ2) is 8.31. The zero-order valence-electron chi connectivity index (χ0n) is 11.8. The quantitative estimate of drug-likeness (QED) is 0.586. The molecule has 6 nitrogen and oxygen atoms in total. The number of carbonyl (C=O) groups is 3. The lowest BCUT2D eigenvalue weighted by Crippen LogP contribution is -2.41. The summed E-state index contributed by atoms with van der Waals surface area (Å²) in [5.41, 5.74) is 0.307. The number of benzene rings is 1. The maximum atomic E-state index is 12.0. The molecule has 0 saturated carbocycles. The van der Waals surface area contributed by atoms with Crippen molar-refractivity contribution in [3.63, 3.8) is 0 Å². The number of hydrogen-bond acceptors (Lipinski definition) is 5. The number of ether oxygens (including phenoxy) is 1. The van der Waals surface area contributed by atoms with E-state index in [0.717, 1.165) is 0 Å². The van der Waals surface area contributed by atoms with E-state index in [0.29, 0.717) is 23.5 Å². The molecule has 0 aliphatic heterocycles. The minimum absolute atomic E-state index is 0.307. The summed E-state index contributed by atoms with van der Waals surface area (Å²) < 4.78 is 4.85. The van der Waals surface area contributed by atoms with E-state index in [9.17, 15) is 14.4 Å². The second-order valence-corrected chi connectivity index (χ2v) is 5.25. The van der Waals surface area contributed by atoms with Crippen LogP contribution in [0.3, 0.4) is 0 Å². The van der Waals surface area contributed by atoms with Gasteiger partial charge in [0.2, 0.25) is 0 Å². The fourth-order valence-electron chi connectivity index (χ4n) is 1.57. The van der Waals surface area contributed by atoms with Crippen LogP contribution < -0.4 is 10.1 Å². The van der Waals surface area contributed by atoms with Crippen molar-refractivity contribution in [2.45, 2.75) is 19.4 Å². The molecule has 1 rings (SSSR count). The van der Waals surface area contributed by atoms with Crippen molar-refractivity contribution < 1.29 is 24.2 Å². The molecule has 114 valence electrons. The number of rotatable bonds is 7. The van der Waals surface area contributed by atoms with Gasteiger partial charge in [0.1, 0.15) is 11.8 Å². The molecule has 1 aromatic carbocycles. The number of thioether (sulfide) groups is 1. The predicted molar refractivity (Wildman–Crippen MR) is 79.6 cm³/mol. The zero-order valence-corrected chi connectivity index (χ0v) is 12.6. The molecule has 0 aliphatic rings. The summed E-state index contributed by atoms with van der Waals surface area (Å²) in [4.78, 5) is 33.8. The number of aliphatic carboxylic acids is 1. The maximum absolute atomic E-state index is 12.0. The van der Waals surface area contributed by atoms with Crippen molar-refractivity contribution in [1.29, 1.82) is 0 Å². The van der Waals surface area contributed by atoms with E-state index >= 15 is 0 Å². The van der Waals surface area contributed by atoms with Gasteiger partial charge in [0.05, 0.1) is 0 Å². The number of hydrogen-bond donors (Lipinski definition) is 2. The highest BCUT2D eigenvalue weighted by atomic mass is 32.2. The molecule has 2 N–H and O–H groups in total. The molecule has 1 amide bonds. The van der Waals surface area contributed by atoms with Crippen LogP contribution in [-0.2, 0) is 9.59 Å². The van der Waals surface area contributed by atoms with Gasteiger partial charge in [0.15, 0.2) is 0 Å². The Morgan fingerprint density at radius 1 is 1.29 bits per heavy atom. The van der Waals surface area contributed by atoms with E-state index in [2.05, 4.69) is 5.32 Å². The Kier molecular flexibility index (Phi) is 6.74. The predicted octanol–water partition coefficient (Wildman–Crippen LogP) is 1.55. The van der Waals surface area contributed by atoms with Crippen molar-refractivity contribution >= 4 is 29.6 Å². The van der Waals surface area contributed by atoms with Crippen LogP contribution in [0.5, 0.6) is 5.75 Å². The lowest BCUT2D eigenvalue weighted by molar-refractivity contribution is -0.139. The van der Waals surface area contributed by atoms with Gasteiger partial charge in [-0.1, -0.05) is 0 Å². The Labute approximate surface area is 126 Å². The Morgan fingerprint density at radius 2 is 1.90 bits per heavy atom. The molecule has 0 aromatic heterocycles. The number of carbonyl (C=O) groups excluding carboxylic acids is 2. The average molecular weight is 311 g/mol. The average Bonchev–Trinajstić information content (AvgIpc) is 2.43. The Bertz CT molecular complexity index is 515. The number of carboxylic acid groups (broad SMARTS) is 1. The standard InChI is InChI=1S/C14H17NO5S/c1-9(16)20-11-5-3-10(4-6-11)13(17)15-12(14(18)19)7-8-21-2/h3-6,12H,7-8H2,1-2H3,(H,15,17)(H,18,19). The van der Waals surface area contributed by atoms with Crippen LogP contribution in [0.25, 0.3) is 0 Å². The summed E-state index contributed by atoms with van der Waals surface area (Å²) in [6.07, 6.45) is 2.22. The van der Waals surface area contributed by atoms with Crippen molar-refractivity contribution in [2.24, 2.45) is 0 Å².